The smallest absolute Gasteiger partial charge is 0.325 e. The summed E-state index contributed by atoms with van der Waals surface area (Å²) in [6.07, 6.45) is 0. The first-order chi connectivity index (χ1) is 7.80. The van der Waals surface area contributed by atoms with Crippen LogP contribution >= 0.6 is 11.6 Å². The van der Waals surface area contributed by atoms with Crippen LogP contribution in [0, 0.1) is 0 Å². The number of alkyl halides is 1. The molecule has 7 heteroatoms. The van der Waals surface area contributed by atoms with Gasteiger partial charge >= 0.3 is 6.03 Å². The number of piperazine rings is 1. The van der Waals surface area contributed by atoms with Crippen LogP contribution in [0.4, 0.5) is 4.79 Å². The Hall–Kier alpha value is -1.30. The Morgan fingerprint density at radius 2 is 2.00 bits per heavy atom. The van der Waals surface area contributed by atoms with Gasteiger partial charge in [-0.1, -0.05) is 0 Å². The molecule has 1 aliphatic heterocycles. The minimum absolute atomic E-state index is 0.155. The van der Waals surface area contributed by atoms with Crippen LogP contribution in [0.1, 0.15) is 13.8 Å². The van der Waals surface area contributed by atoms with E-state index in [1.807, 2.05) is 0 Å². The highest BCUT2D eigenvalue weighted by Crippen LogP contribution is 2.21. The van der Waals surface area contributed by atoms with Crippen LogP contribution in [0.3, 0.4) is 0 Å². The van der Waals surface area contributed by atoms with Gasteiger partial charge in [0.25, 0.3) is 0 Å². The Labute approximate surface area is 105 Å². The molecule has 17 heavy (non-hydrogen) atoms. The van der Waals surface area contributed by atoms with Crippen molar-refractivity contribution in [3.63, 3.8) is 0 Å². The number of hydrogen-bond acceptors (Lipinski definition) is 3. The van der Waals surface area contributed by atoms with E-state index in [4.69, 9.17) is 11.6 Å². The number of likely N-dealkylation sites (N-methyl/N-ethyl adjacent to an activating group) is 1. The molecule has 1 heterocycles. The molecule has 1 saturated heterocycles. The van der Waals surface area contributed by atoms with E-state index in [9.17, 15) is 14.4 Å². The first-order valence-corrected chi connectivity index (χ1v) is 5.77. The predicted octanol–water partition coefficient (Wildman–Crippen LogP) is 0.0140. The SMILES string of the molecule is CN1CCN(C(=O)NC(=O)CCl)C(C)(C)C1=O. The fourth-order valence-electron chi connectivity index (χ4n) is 1.79. The Kier molecular flexibility index (Phi) is 3.98. The maximum atomic E-state index is 11.9. The highest BCUT2D eigenvalue weighted by atomic mass is 35.5. The average Bonchev–Trinajstić information content (AvgIpc) is 2.25. The van der Waals surface area contributed by atoms with Crippen LogP contribution in [0.25, 0.3) is 0 Å². The van der Waals surface area contributed by atoms with Crippen LogP contribution < -0.4 is 5.32 Å². The summed E-state index contributed by atoms with van der Waals surface area (Å²) in [4.78, 5) is 37.7. The van der Waals surface area contributed by atoms with Crippen molar-refractivity contribution in [1.82, 2.24) is 15.1 Å². The normalized spacial score (nSPS) is 19.2. The molecule has 0 unspecified atom stereocenters. The van der Waals surface area contributed by atoms with E-state index in [2.05, 4.69) is 5.32 Å². The van der Waals surface area contributed by atoms with Gasteiger partial charge in [0, 0.05) is 20.1 Å². The largest absolute Gasteiger partial charge is 0.342 e. The molecule has 0 aromatic heterocycles. The second-order valence-electron chi connectivity index (χ2n) is 4.42. The lowest BCUT2D eigenvalue weighted by molar-refractivity contribution is -0.144. The third-order valence-electron chi connectivity index (χ3n) is 2.82. The molecule has 0 radical (unpaired) electrons. The van der Waals surface area contributed by atoms with E-state index in [0.717, 1.165) is 0 Å². The molecule has 0 bridgehead atoms. The number of carbonyl (C=O) groups is 3. The summed E-state index contributed by atoms with van der Waals surface area (Å²) in [5.74, 6) is -1.01. The number of halogens is 1. The Morgan fingerprint density at radius 1 is 1.41 bits per heavy atom. The number of carbonyl (C=O) groups excluding carboxylic acids is 3. The molecule has 96 valence electrons. The van der Waals surface area contributed by atoms with Crippen molar-refractivity contribution in [1.29, 1.82) is 0 Å². The summed E-state index contributed by atoms with van der Waals surface area (Å²) < 4.78 is 0. The standard InChI is InChI=1S/C10H16ClN3O3/c1-10(2)8(16)13(3)4-5-14(10)9(17)12-7(15)6-11/h4-6H2,1-3H3,(H,12,15,17). The van der Waals surface area contributed by atoms with E-state index in [1.165, 1.54) is 4.90 Å². The number of hydrogen-bond donors (Lipinski definition) is 1. The van der Waals surface area contributed by atoms with Gasteiger partial charge in [-0.3, -0.25) is 14.9 Å². The molecule has 1 fully saturated rings. The fourth-order valence-corrected chi connectivity index (χ4v) is 1.86. The second-order valence-corrected chi connectivity index (χ2v) is 4.69. The van der Waals surface area contributed by atoms with Gasteiger partial charge in [0.1, 0.15) is 11.4 Å². The molecule has 1 aliphatic rings. The van der Waals surface area contributed by atoms with Crippen molar-refractivity contribution in [2.24, 2.45) is 0 Å². The average molecular weight is 262 g/mol. The van der Waals surface area contributed by atoms with Crippen molar-refractivity contribution >= 4 is 29.4 Å². The molecular formula is C10H16ClN3O3. The van der Waals surface area contributed by atoms with Gasteiger partial charge in [0.2, 0.25) is 11.8 Å². The van der Waals surface area contributed by atoms with Gasteiger partial charge in [-0.2, -0.15) is 0 Å². The Bertz CT molecular complexity index is 357. The molecule has 1 N–H and O–H groups in total. The zero-order valence-corrected chi connectivity index (χ0v) is 10.9. The molecule has 6 nitrogen and oxygen atoms in total. The highest BCUT2D eigenvalue weighted by molar-refractivity contribution is 6.28. The fraction of sp³-hybridized carbons (Fsp3) is 0.700. The van der Waals surface area contributed by atoms with Crippen LogP contribution in [0.5, 0.6) is 0 Å². The lowest BCUT2D eigenvalue weighted by Crippen LogP contribution is -2.65. The molecule has 0 aliphatic carbocycles. The third kappa shape index (κ3) is 2.69. The summed E-state index contributed by atoms with van der Waals surface area (Å²) in [6, 6.07) is -0.581. The van der Waals surface area contributed by atoms with Crippen LogP contribution in [-0.2, 0) is 9.59 Å². The summed E-state index contributed by atoms with van der Waals surface area (Å²) in [6.45, 7) is 4.13. The molecule has 0 spiro atoms. The van der Waals surface area contributed by atoms with Crippen molar-refractivity contribution in [2.75, 3.05) is 26.0 Å². The third-order valence-corrected chi connectivity index (χ3v) is 3.06. The van der Waals surface area contributed by atoms with Crippen molar-refractivity contribution in [3.8, 4) is 0 Å². The van der Waals surface area contributed by atoms with E-state index < -0.39 is 17.5 Å². The number of imide groups is 1. The van der Waals surface area contributed by atoms with E-state index in [-0.39, 0.29) is 11.8 Å². The topological polar surface area (TPSA) is 69.7 Å². The van der Waals surface area contributed by atoms with Crippen molar-refractivity contribution in [2.45, 2.75) is 19.4 Å². The number of rotatable bonds is 1. The van der Waals surface area contributed by atoms with Crippen LogP contribution in [0.15, 0.2) is 0 Å². The molecule has 0 aromatic rings. The summed E-state index contributed by atoms with van der Waals surface area (Å²) in [5, 5.41) is 2.14. The number of urea groups is 1. The maximum absolute atomic E-state index is 11.9. The molecule has 0 saturated carbocycles. The van der Waals surface area contributed by atoms with Crippen molar-refractivity contribution < 1.29 is 14.4 Å². The van der Waals surface area contributed by atoms with Gasteiger partial charge in [0.15, 0.2) is 0 Å². The Morgan fingerprint density at radius 3 is 2.53 bits per heavy atom. The minimum Gasteiger partial charge on any atom is -0.342 e. The maximum Gasteiger partial charge on any atom is 0.325 e. The first-order valence-electron chi connectivity index (χ1n) is 5.23. The van der Waals surface area contributed by atoms with Crippen LogP contribution in [0.2, 0.25) is 0 Å². The summed E-state index contributed by atoms with van der Waals surface area (Å²) >= 11 is 5.30. The summed E-state index contributed by atoms with van der Waals surface area (Å²) in [5.41, 5.74) is -0.955. The van der Waals surface area contributed by atoms with E-state index >= 15 is 0 Å². The number of nitrogens with one attached hydrogen (secondary N) is 1. The van der Waals surface area contributed by atoms with Gasteiger partial charge < -0.3 is 9.80 Å². The van der Waals surface area contributed by atoms with Gasteiger partial charge in [0.05, 0.1) is 0 Å². The minimum atomic E-state index is -0.955. The lowest BCUT2D eigenvalue weighted by atomic mass is 9.98. The molecule has 0 atom stereocenters. The number of amides is 4. The zero-order chi connectivity index (χ0) is 13.2. The molecular weight excluding hydrogens is 246 g/mol. The molecule has 4 amide bonds. The van der Waals surface area contributed by atoms with Crippen LogP contribution in [-0.4, -0.2) is 59.2 Å². The van der Waals surface area contributed by atoms with E-state index in [0.29, 0.717) is 13.1 Å². The molecule has 0 aromatic carbocycles. The highest BCUT2D eigenvalue weighted by Gasteiger charge is 2.43. The van der Waals surface area contributed by atoms with Gasteiger partial charge in [-0.05, 0) is 13.8 Å². The number of nitrogens with zero attached hydrogens (tertiary/aromatic N) is 2. The second kappa shape index (κ2) is 4.91. The first kappa shape index (κ1) is 13.8. The molecule has 1 rings (SSSR count). The zero-order valence-electron chi connectivity index (χ0n) is 10.1. The van der Waals surface area contributed by atoms with Gasteiger partial charge in [-0.25, -0.2) is 4.79 Å². The van der Waals surface area contributed by atoms with Gasteiger partial charge in [-0.15, -0.1) is 11.6 Å². The lowest BCUT2D eigenvalue weighted by Gasteiger charge is -2.44. The monoisotopic (exact) mass is 261 g/mol. The van der Waals surface area contributed by atoms with E-state index in [1.54, 1.807) is 25.8 Å². The van der Waals surface area contributed by atoms with Crippen molar-refractivity contribution in [3.05, 3.63) is 0 Å². The Balaban J connectivity index is 2.80. The quantitative estimate of drug-likeness (QED) is 0.676. The predicted molar refractivity (Wildman–Crippen MR) is 62.7 cm³/mol. The summed E-state index contributed by atoms with van der Waals surface area (Å²) in [7, 11) is 1.68.